The molecule has 0 saturated carbocycles. The summed E-state index contributed by atoms with van der Waals surface area (Å²) in [4.78, 5) is 16.3. The maximum Gasteiger partial charge on any atom is 0.263 e. The predicted octanol–water partition coefficient (Wildman–Crippen LogP) is 3.29. The van der Waals surface area contributed by atoms with E-state index < -0.39 is 33.1 Å². The SMILES string of the molecule is CCCn1c(=NC(=O)CS(=O)(=O)c2ccccc2)sc2cc(F)cc(F)c21. The molecule has 2 aromatic carbocycles. The summed E-state index contributed by atoms with van der Waals surface area (Å²) >= 11 is 0.943. The summed E-state index contributed by atoms with van der Waals surface area (Å²) in [5.74, 6) is -3.14. The van der Waals surface area contributed by atoms with Crippen molar-refractivity contribution in [1.82, 2.24) is 4.57 Å². The third-order valence-electron chi connectivity index (χ3n) is 3.78. The van der Waals surface area contributed by atoms with Gasteiger partial charge in [-0.1, -0.05) is 36.5 Å². The number of nitrogens with zero attached hydrogens (tertiary/aromatic N) is 2. The van der Waals surface area contributed by atoms with Gasteiger partial charge in [0.1, 0.15) is 11.6 Å². The fourth-order valence-electron chi connectivity index (χ4n) is 2.66. The highest BCUT2D eigenvalue weighted by Crippen LogP contribution is 2.22. The molecule has 0 aliphatic heterocycles. The van der Waals surface area contributed by atoms with Crippen molar-refractivity contribution in [2.45, 2.75) is 24.8 Å². The number of sulfone groups is 1. The molecule has 3 rings (SSSR count). The maximum atomic E-state index is 14.2. The van der Waals surface area contributed by atoms with E-state index in [0.29, 0.717) is 17.7 Å². The predicted molar refractivity (Wildman–Crippen MR) is 99.1 cm³/mol. The summed E-state index contributed by atoms with van der Waals surface area (Å²) in [5.41, 5.74) is 0.153. The average Bonchev–Trinajstić information content (AvgIpc) is 2.92. The third-order valence-corrected chi connectivity index (χ3v) is 6.42. The van der Waals surface area contributed by atoms with Crippen LogP contribution in [0.15, 0.2) is 52.4 Å². The zero-order chi connectivity index (χ0) is 19.6. The fraction of sp³-hybridized carbons (Fsp3) is 0.222. The van der Waals surface area contributed by atoms with E-state index in [9.17, 15) is 22.0 Å². The van der Waals surface area contributed by atoms with Gasteiger partial charge in [-0.25, -0.2) is 17.2 Å². The maximum absolute atomic E-state index is 14.2. The van der Waals surface area contributed by atoms with Gasteiger partial charge in [0.15, 0.2) is 20.5 Å². The van der Waals surface area contributed by atoms with E-state index in [4.69, 9.17) is 0 Å². The molecule has 9 heteroatoms. The summed E-state index contributed by atoms with van der Waals surface area (Å²) in [5, 5.41) is 0. The number of carbonyl (C=O) groups is 1. The summed E-state index contributed by atoms with van der Waals surface area (Å²) < 4.78 is 54.1. The standard InChI is InChI=1S/C18H16F2N2O3S2/c1-2-8-22-17-14(20)9-12(19)10-15(17)26-18(22)21-16(23)11-27(24,25)13-6-4-3-5-7-13/h3-7,9-10H,2,8,11H2,1H3. The first kappa shape index (κ1) is 19.4. The number of fused-ring (bicyclic) bond motifs is 1. The van der Waals surface area contributed by atoms with Crippen molar-refractivity contribution in [2.75, 3.05) is 5.75 Å². The molecule has 1 amide bonds. The zero-order valence-electron chi connectivity index (χ0n) is 14.4. The van der Waals surface area contributed by atoms with Crippen LogP contribution >= 0.6 is 11.3 Å². The van der Waals surface area contributed by atoms with Crippen LogP contribution in [0.3, 0.4) is 0 Å². The molecule has 1 heterocycles. The summed E-state index contributed by atoms with van der Waals surface area (Å²) in [6, 6.07) is 9.53. The van der Waals surface area contributed by atoms with Crippen LogP contribution in [0.2, 0.25) is 0 Å². The number of benzene rings is 2. The second-order valence-corrected chi connectivity index (χ2v) is 8.85. The van der Waals surface area contributed by atoms with Crippen LogP contribution in [-0.2, 0) is 21.2 Å². The molecule has 0 aliphatic rings. The Balaban J connectivity index is 2.04. The zero-order valence-corrected chi connectivity index (χ0v) is 16.0. The van der Waals surface area contributed by atoms with Crippen molar-refractivity contribution in [3.8, 4) is 0 Å². The number of thiazole rings is 1. The van der Waals surface area contributed by atoms with Gasteiger partial charge in [-0.3, -0.25) is 4.79 Å². The van der Waals surface area contributed by atoms with Gasteiger partial charge in [-0.2, -0.15) is 4.99 Å². The van der Waals surface area contributed by atoms with E-state index in [1.807, 2.05) is 6.92 Å². The highest BCUT2D eigenvalue weighted by Gasteiger charge is 2.20. The van der Waals surface area contributed by atoms with Crippen LogP contribution in [0.25, 0.3) is 10.2 Å². The van der Waals surface area contributed by atoms with E-state index in [2.05, 4.69) is 4.99 Å². The Bertz CT molecular complexity index is 1170. The lowest BCUT2D eigenvalue weighted by atomic mass is 10.3. The van der Waals surface area contributed by atoms with Crippen LogP contribution in [0.5, 0.6) is 0 Å². The first-order chi connectivity index (χ1) is 12.8. The molecule has 1 aromatic heterocycles. The highest BCUT2D eigenvalue weighted by molar-refractivity contribution is 7.92. The van der Waals surface area contributed by atoms with Crippen LogP contribution in [0, 0.1) is 11.6 Å². The molecule has 5 nitrogen and oxygen atoms in total. The molecule has 0 aliphatic carbocycles. The Morgan fingerprint density at radius 1 is 1.19 bits per heavy atom. The van der Waals surface area contributed by atoms with Crippen molar-refractivity contribution in [1.29, 1.82) is 0 Å². The lowest BCUT2D eigenvalue weighted by molar-refractivity contribution is -0.115. The Hall–Kier alpha value is -2.39. The van der Waals surface area contributed by atoms with Crippen molar-refractivity contribution in [3.05, 3.63) is 58.9 Å². The molecule has 0 fully saturated rings. The molecule has 0 atom stereocenters. The molecule has 0 radical (unpaired) electrons. The number of carbonyl (C=O) groups excluding carboxylic acids is 1. The summed E-state index contributed by atoms with van der Waals surface area (Å²) in [6.07, 6.45) is 0.631. The summed E-state index contributed by atoms with van der Waals surface area (Å²) in [6.45, 7) is 2.23. The van der Waals surface area contributed by atoms with Gasteiger partial charge < -0.3 is 4.57 Å². The normalized spacial score (nSPS) is 12.6. The minimum atomic E-state index is -3.83. The molecule has 0 unspecified atom stereocenters. The van der Waals surface area contributed by atoms with E-state index >= 15 is 0 Å². The minimum absolute atomic E-state index is 0.0273. The molecular weight excluding hydrogens is 394 g/mol. The molecule has 3 aromatic rings. The fourth-order valence-corrected chi connectivity index (χ4v) is 4.90. The smallest absolute Gasteiger partial charge is 0.263 e. The van der Waals surface area contributed by atoms with Gasteiger partial charge in [-0.15, -0.1) is 0 Å². The average molecular weight is 410 g/mol. The van der Waals surface area contributed by atoms with Gasteiger partial charge in [0, 0.05) is 12.6 Å². The Labute approximate surface area is 158 Å². The second kappa shape index (κ2) is 7.69. The number of aryl methyl sites for hydroxylation is 1. The molecule has 0 N–H and O–H groups in total. The largest absolute Gasteiger partial charge is 0.314 e. The van der Waals surface area contributed by atoms with Crippen molar-refractivity contribution in [3.63, 3.8) is 0 Å². The van der Waals surface area contributed by atoms with Crippen molar-refractivity contribution in [2.24, 2.45) is 4.99 Å². The van der Waals surface area contributed by atoms with E-state index in [-0.39, 0.29) is 15.2 Å². The summed E-state index contributed by atoms with van der Waals surface area (Å²) in [7, 11) is -3.83. The highest BCUT2D eigenvalue weighted by atomic mass is 32.2. The second-order valence-electron chi connectivity index (χ2n) is 5.85. The van der Waals surface area contributed by atoms with E-state index in [0.717, 1.165) is 17.4 Å². The van der Waals surface area contributed by atoms with Gasteiger partial charge >= 0.3 is 0 Å². The van der Waals surface area contributed by atoms with Gasteiger partial charge in [0.05, 0.1) is 15.1 Å². The lowest BCUT2D eigenvalue weighted by Crippen LogP contribution is -2.21. The molecular formula is C18H16F2N2O3S2. The van der Waals surface area contributed by atoms with Gasteiger partial charge in [0.25, 0.3) is 5.91 Å². The first-order valence-electron chi connectivity index (χ1n) is 8.15. The van der Waals surface area contributed by atoms with Crippen molar-refractivity contribution < 1.29 is 22.0 Å². The third kappa shape index (κ3) is 4.14. The topological polar surface area (TPSA) is 68.5 Å². The number of halogens is 2. The van der Waals surface area contributed by atoms with E-state index in [1.54, 1.807) is 18.2 Å². The molecule has 0 spiro atoms. The Morgan fingerprint density at radius 3 is 2.56 bits per heavy atom. The Morgan fingerprint density at radius 2 is 1.89 bits per heavy atom. The minimum Gasteiger partial charge on any atom is -0.314 e. The van der Waals surface area contributed by atoms with Gasteiger partial charge in [-0.05, 0) is 24.6 Å². The first-order valence-corrected chi connectivity index (χ1v) is 10.6. The Kier molecular flexibility index (Phi) is 5.52. The van der Waals surface area contributed by atoms with Crippen LogP contribution in [0.1, 0.15) is 13.3 Å². The lowest BCUT2D eigenvalue weighted by Gasteiger charge is -2.04. The van der Waals surface area contributed by atoms with Crippen LogP contribution in [0.4, 0.5) is 8.78 Å². The number of amides is 1. The molecule has 27 heavy (non-hydrogen) atoms. The molecule has 142 valence electrons. The molecule has 0 saturated heterocycles. The number of hydrogen-bond donors (Lipinski definition) is 0. The van der Waals surface area contributed by atoms with Gasteiger partial charge in [0.2, 0.25) is 0 Å². The molecule has 0 bridgehead atoms. The number of rotatable bonds is 5. The van der Waals surface area contributed by atoms with Crippen LogP contribution < -0.4 is 4.80 Å². The monoisotopic (exact) mass is 410 g/mol. The van der Waals surface area contributed by atoms with E-state index in [1.165, 1.54) is 22.8 Å². The van der Waals surface area contributed by atoms with Crippen LogP contribution in [-0.4, -0.2) is 24.6 Å². The number of hydrogen-bond acceptors (Lipinski definition) is 4. The quantitative estimate of drug-likeness (QED) is 0.648. The number of aromatic nitrogens is 1. The van der Waals surface area contributed by atoms with Crippen molar-refractivity contribution >= 4 is 37.3 Å².